The molecule has 0 aliphatic heterocycles. The van der Waals surface area contributed by atoms with Gasteiger partial charge in [-0.3, -0.25) is 5.10 Å². The summed E-state index contributed by atoms with van der Waals surface area (Å²) in [5, 5.41) is 11.2. The maximum atomic E-state index is 12.8. The van der Waals surface area contributed by atoms with Crippen LogP contribution in [-0.4, -0.2) is 16.2 Å². The van der Waals surface area contributed by atoms with Gasteiger partial charge in [0.15, 0.2) is 0 Å². The van der Waals surface area contributed by atoms with Crippen molar-refractivity contribution in [3.63, 3.8) is 0 Å². The topological polar surface area (TPSA) is 69.8 Å². The number of nitrogens with one attached hydrogen (secondary N) is 3. The van der Waals surface area contributed by atoms with E-state index < -0.39 is 17.8 Å². The highest BCUT2D eigenvalue weighted by Gasteiger charge is 2.33. The second kappa shape index (κ2) is 5.47. The van der Waals surface area contributed by atoms with Crippen molar-refractivity contribution in [2.24, 2.45) is 0 Å². The number of anilines is 2. The largest absolute Gasteiger partial charge is 0.418 e. The van der Waals surface area contributed by atoms with Gasteiger partial charge in [-0.2, -0.15) is 18.3 Å². The SMILES string of the molecule is Cc1n[nH]c(C)c1NC(=O)Nc1ccccc1C(F)(F)F. The van der Waals surface area contributed by atoms with Crippen molar-refractivity contribution in [2.45, 2.75) is 20.0 Å². The van der Waals surface area contributed by atoms with Gasteiger partial charge in [0.05, 0.1) is 28.3 Å². The van der Waals surface area contributed by atoms with Crippen LogP contribution in [0.25, 0.3) is 0 Å². The molecule has 1 heterocycles. The Kier molecular flexibility index (Phi) is 3.88. The summed E-state index contributed by atoms with van der Waals surface area (Å²) in [5.41, 5.74) is 0.401. The molecule has 0 unspecified atom stereocenters. The Morgan fingerprint density at radius 3 is 2.43 bits per heavy atom. The Balaban J connectivity index is 2.18. The number of alkyl halides is 3. The van der Waals surface area contributed by atoms with E-state index in [-0.39, 0.29) is 5.69 Å². The Morgan fingerprint density at radius 2 is 1.86 bits per heavy atom. The van der Waals surface area contributed by atoms with Crippen molar-refractivity contribution in [1.82, 2.24) is 10.2 Å². The molecule has 0 spiro atoms. The lowest BCUT2D eigenvalue weighted by atomic mass is 10.1. The molecule has 2 rings (SSSR count). The van der Waals surface area contributed by atoms with E-state index in [1.807, 2.05) is 0 Å². The number of carbonyl (C=O) groups excluding carboxylic acids is 1. The fourth-order valence-electron chi connectivity index (χ4n) is 1.84. The smallest absolute Gasteiger partial charge is 0.307 e. The molecule has 0 radical (unpaired) electrons. The van der Waals surface area contributed by atoms with Gasteiger partial charge < -0.3 is 10.6 Å². The summed E-state index contributed by atoms with van der Waals surface area (Å²) >= 11 is 0. The van der Waals surface area contributed by atoms with Crippen LogP contribution in [0, 0.1) is 13.8 Å². The molecule has 1 aromatic heterocycles. The molecule has 3 N–H and O–H groups in total. The molecule has 8 heteroatoms. The average molecular weight is 298 g/mol. The summed E-state index contributed by atoms with van der Waals surface area (Å²) in [6.07, 6.45) is -4.54. The number of halogens is 3. The van der Waals surface area contributed by atoms with Crippen LogP contribution in [0.1, 0.15) is 17.0 Å². The van der Waals surface area contributed by atoms with Crippen molar-refractivity contribution in [1.29, 1.82) is 0 Å². The quantitative estimate of drug-likeness (QED) is 0.791. The number of hydrogen-bond acceptors (Lipinski definition) is 2. The number of para-hydroxylation sites is 1. The second-order valence-electron chi connectivity index (χ2n) is 4.43. The molecular formula is C13H13F3N4O. The molecule has 0 saturated carbocycles. The minimum atomic E-state index is -4.54. The van der Waals surface area contributed by atoms with Gasteiger partial charge in [-0.15, -0.1) is 0 Å². The third-order valence-electron chi connectivity index (χ3n) is 2.85. The molecule has 2 amide bonds. The lowest BCUT2D eigenvalue weighted by Gasteiger charge is -2.14. The molecule has 1 aromatic carbocycles. The van der Waals surface area contributed by atoms with Crippen LogP contribution >= 0.6 is 0 Å². The fourth-order valence-corrected chi connectivity index (χ4v) is 1.84. The van der Waals surface area contributed by atoms with Crippen molar-refractivity contribution < 1.29 is 18.0 Å². The average Bonchev–Trinajstić information content (AvgIpc) is 2.70. The van der Waals surface area contributed by atoms with Crippen LogP contribution in [-0.2, 0) is 6.18 Å². The zero-order chi connectivity index (χ0) is 15.6. The van der Waals surface area contributed by atoms with Gasteiger partial charge in [-0.05, 0) is 26.0 Å². The molecule has 5 nitrogen and oxygen atoms in total. The summed E-state index contributed by atoms with van der Waals surface area (Å²) in [6.45, 7) is 3.36. The molecule has 2 aromatic rings. The first-order valence-corrected chi connectivity index (χ1v) is 6.05. The zero-order valence-corrected chi connectivity index (χ0v) is 11.3. The van der Waals surface area contributed by atoms with E-state index >= 15 is 0 Å². The standard InChI is InChI=1S/C13H13F3N4O/c1-7-11(8(2)20-19-7)18-12(21)17-10-6-4-3-5-9(10)13(14,15)16/h3-6H,1-2H3,(H,19,20)(H2,17,18,21). The van der Waals surface area contributed by atoms with Crippen LogP contribution in [0.5, 0.6) is 0 Å². The van der Waals surface area contributed by atoms with E-state index in [0.717, 1.165) is 6.07 Å². The minimum absolute atomic E-state index is 0.304. The normalized spacial score (nSPS) is 11.3. The third-order valence-corrected chi connectivity index (χ3v) is 2.85. The number of amides is 2. The third kappa shape index (κ3) is 3.33. The van der Waals surface area contributed by atoms with E-state index in [1.54, 1.807) is 13.8 Å². The number of benzene rings is 1. The number of urea groups is 1. The predicted octanol–water partition coefficient (Wildman–Crippen LogP) is 3.69. The van der Waals surface area contributed by atoms with Crippen LogP contribution < -0.4 is 10.6 Å². The molecule has 0 aliphatic carbocycles. The first kappa shape index (κ1) is 14.9. The Bertz CT molecular complexity index is 644. The van der Waals surface area contributed by atoms with Gasteiger partial charge in [0.2, 0.25) is 0 Å². The van der Waals surface area contributed by atoms with Gasteiger partial charge in [0, 0.05) is 0 Å². The molecule has 0 fully saturated rings. The molecule has 0 atom stereocenters. The molecule has 0 bridgehead atoms. The number of rotatable bonds is 2. The highest BCUT2D eigenvalue weighted by Crippen LogP contribution is 2.34. The van der Waals surface area contributed by atoms with Crippen LogP contribution in [0.3, 0.4) is 0 Å². The number of nitrogens with zero attached hydrogens (tertiary/aromatic N) is 1. The second-order valence-corrected chi connectivity index (χ2v) is 4.43. The van der Waals surface area contributed by atoms with E-state index in [9.17, 15) is 18.0 Å². The monoisotopic (exact) mass is 298 g/mol. The molecule has 112 valence electrons. The van der Waals surface area contributed by atoms with E-state index in [0.29, 0.717) is 17.1 Å². The summed E-state index contributed by atoms with van der Waals surface area (Å²) in [4.78, 5) is 11.8. The fraction of sp³-hybridized carbons (Fsp3) is 0.231. The van der Waals surface area contributed by atoms with Crippen LogP contribution in [0.15, 0.2) is 24.3 Å². The van der Waals surface area contributed by atoms with E-state index in [1.165, 1.54) is 18.2 Å². The zero-order valence-electron chi connectivity index (χ0n) is 11.3. The lowest BCUT2D eigenvalue weighted by molar-refractivity contribution is -0.136. The van der Waals surface area contributed by atoms with Crippen molar-refractivity contribution in [2.75, 3.05) is 10.6 Å². The predicted molar refractivity (Wildman–Crippen MR) is 72.1 cm³/mol. The lowest BCUT2D eigenvalue weighted by Crippen LogP contribution is -2.22. The summed E-state index contributed by atoms with van der Waals surface area (Å²) < 4.78 is 38.5. The highest BCUT2D eigenvalue weighted by molar-refractivity contribution is 6.00. The van der Waals surface area contributed by atoms with Crippen LogP contribution in [0.4, 0.5) is 29.3 Å². The molecule has 0 saturated heterocycles. The van der Waals surface area contributed by atoms with Gasteiger partial charge >= 0.3 is 12.2 Å². The van der Waals surface area contributed by atoms with Crippen molar-refractivity contribution in [3.05, 3.63) is 41.2 Å². The first-order chi connectivity index (χ1) is 9.79. The number of aromatic nitrogens is 2. The Morgan fingerprint density at radius 1 is 1.19 bits per heavy atom. The van der Waals surface area contributed by atoms with E-state index in [2.05, 4.69) is 20.8 Å². The maximum absolute atomic E-state index is 12.8. The van der Waals surface area contributed by atoms with E-state index in [4.69, 9.17) is 0 Å². The number of carbonyl (C=O) groups is 1. The number of aryl methyl sites for hydroxylation is 2. The first-order valence-electron chi connectivity index (χ1n) is 6.05. The summed E-state index contributed by atoms with van der Waals surface area (Å²) in [5.74, 6) is 0. The highest BCUT2D eigenvalue weighted by atomic mass is 19.4. The molecule has 21 heavy (non-hydrogen) atoms. The number of hydrogen-bond donors (Lipinski definition) is 3. The number of aromatic amines is 1. The van der Waals surface area contributed by atoms with Crippen LogP contribution in [0.2, 0.25) is 0 Å². The molecular weight excluding hydrogens is 285 g/mol. The van der Waals surface area contributed by atoms with Gasteiger partial charge in [0.25, 0.3) is 0 Å². The summed E-state index contributed by atoms with van der Waals surface area (Å²) in [6, 6.07) is 4.01. The van der Waals surface area contributed by atoms with Crippen molar-refractivity contribution >= 4 is 17.4 Å². The maximum Gasteiger partial charge on any atom is 0.418 e. The molecule has 0 aliphatic rings. The van der Waals surface area contributed by atoms with Crippen molar-refractivity contribution in [3.8, 4) is 0 Å². The Labute approximate surface area is 118 Å². The van der Waals surface area contributed by atoms with Gasteiger partial charge in [0.1, 0.15) is 0 Å². The number of H-pyrrole nitrogens is 1. The Hall–Kier alpha value is -2.51. The summed E-state index contributed by atoms with van der Waals surface area (Å²) in [7, 11) is 0. The minimum Gasteiger partial charge on any atom is -0.307 e. The van der Waals surface area contributed by atoms with Gasteiger partial charge in [-0.25, -0.2) is 4.79 Å². The van der Waals surface area contributed by atoms with Gasteiger partial charge in [-0.1, -0.05) is 12.1 Å².